The van der Waals surface area contributed by atoms with Gasteiger partial charge in [0.25, 0.3) is 0 Å². The van der Waals surface area contributed by atoms with Gasteiger partial charge in [0, 0.05) is 24.7 Å². The van der Waals surface area contributed by atoms with Crippen molar-refractivity contribution in [2.24, 2.45) is 0 Å². The summed E-state index contributed by atoms with van der Waals surface area (Å²) in [6, 6.07) is 8.06. The zero-order valence-electron chi connectivity index (χ0n) is 13.7. The Hall–Kier alpha value is -1.43. The van der Waals surface area contributed by atoms with Crippen LogP contribution in [0.5, 0.6) is 0 Å². The largest absolute Gasteiger partial charge is 0.374 e. The molecule has 1 aromatic carbocycles. The average molecular weight is 335 g/mol. The highest BCUT2D eigenvalue weighted by molar-refractivity contribution is 6.31. The zero-order valence-corrected chi connectivity index (χ0v) is 14.5. The summed E-state index contributed by atoms with van der Waals surface area (Å²) >= 11 is 6.24. The van der Waals surface area contributed by atoms with Crippen molar-refractivity contribution in [1.29, 1.82) is 0 Å². The van der Waals surface area contributed by atoms with E-state index in [1.54, 1.807) is 0 Å². The van der Waals surface area contributed by atoms with E-state index in [1.165, 1.54) is 5.56 Å². The molecule has 0 bridgehead atoms. The first-order valence-electron chi connectivity index (χ1n) is 8.07. The van der Waals surface area contributed by atoms with Crippen LogP contribution in [0.4, 0.5) is 0 Å². The van der Waals surface area contributed by atoms with Crippen molar-refractivity contribution >= 4 is 11.6 Å². The fourth-order valence-electron chi connectivity index (χ4n) is 3.00. The summed E-state index contributed by atoms with van der Waals surface area (Å²) in [6.45, 7) is 8.31. The van der Waals surface area contributed by atoms with E-state index in [4.69, 9.17) is 16.3 Å². The van der Waals surface area contributed by atoms with Crippen LogP contribution in [0.1, 0.15) is 17.2 Å². The quantitative estimate of drug-likeness (QED) is 0.842. The second-order valence-corrected chi connectivity index (χ2v) is 6.43. The molecular weight excluding hydrogens is 312 g/mol. The van der Waals surface area contributed by atoms with Gasteiger partial charge in [0.15, 0.2) is 0 Å². The summed E-state index contributed by atoms with van der Waals surface area (Å²) in [7, 11) is 0. The number of hydrogen-bond acceptors (Lipinski definition) is 4. The maximum absolute atomic E-state index is 6.24. The molecule has 0 N–H and O–H groups in total. The molecule has 0 aliphatic carbocycles. The normalized spacial score (nSPS) is 19.2. The second kappa shape index (κ2) is 7.43. The highest BCUT2D eigenvalue weighted by Crippen LogP contribution is 2.16. The van der Waals surface area contributed by atoms with Gasteiger partial charge in [-0.3, -0.25) is 4.90 Å². The summed E-state index contributed by atoms with van der Waals surface area (Å²) in [6.07, 6.45) is 1.13. The molecule has 1 fully saturated rings. The van der Waals surface area contributed by atoms with E-state index < -0.39 is 0 Å². The van der Waals surface area contributed by atoms with Gasteiger partial charge in [-0.15, -0.1) is 0 Å². The number of benzene rings is 1. The summed E-state index contributed by atoms with van der Waals surface area (Å²) in [5.41, 5.74) is 1.21. The Bertz CT molecular complexity index is 658. The lowest BCUT2D eigenvalue weighted by Crippen LogP contribution is -2.45. The summed E-state index contributed by atoms with van der Waals surface area (Å²) in [5, 5.41) is 5.28. The number of aromatic nitrogens is 3. The van der Waals surface area contributed by atoms with Gasteiger partial charge < -0.3 is 4.74 Å². The van der Waals surface area contributed by atoms with Gasteiger partial charge in [0.1, 0.15) is 11.6 Å². The zero-order chi connectivity index (χ0) is 16.2. The Morgan fingerprint density at radius 2 is 2.13 bits per heavy atom. The van der Waals surface area contributed by atoms with Crippen molar-refractivity contribution in [2.75, 3.05) is 26.2 Å². The third kappa shape index (κ3) is 4.31. The van der Waals surface area contributed by atoms with Crippen molar-refractivity contribution in [3.05, 3.63) is 46.5 Å². The predicted molar refractivity (Wildman–Crippen MR) is 90.8 cm³/mol. The molecule has 124 valence electrons. The van der Waals surface area contributed by atoms with Crippen LogP contribution in [0.25, 0.3) is 0 Å². The molecule has 1 aliphatic heterocycles. The van der Waals surface area contributed by atoms with Gasteiger partial charge in [-0.1, -0.05) is 29.8 Å². The Kier molecular flexibility index (Phi) is 5.30. The van der Waals surface area contributed by atoms with Gasteiger partial charge in [-0.05, 0) is 31.9 Å². The minimum atomic E-state index is 0.162. The summed E-state index contributed by atoms with van der Waals surface area (Å²) in [5.74, 6) is 1.76. The molecule has 1 aliphatic rings. The first-order valence-corrected chi connectivity index (χ1v) is 8.45. The van der Waals surface area contributed by atoms with Crippen LogP contribution in [-0.4, -0.2) is 52.0 Å². The van der Waals surface area contributed by atoms with E-state index in [1.807, 2.05) is 36.7 Å². The number of rotatable bonds is 5. The number of halogens is 1. The maximum Gasteiger partial charge on any atom is 0.147 e. The highest BCUT2D eigenvalue weighted by atomic mass is 35.5. The van der Waals surface area contributed by atoms with E-state index in [-0.39, 0.29) is 6.10 Å². The highest BCUT2D eigenvalue weighted by Gasteiger charge is 2.22. The van der Waals surface area contributed by atoms with Crippen LogP contribution in [0.15, 0.2) is 24.3 Å². The maximum atomic E-state index is 6.24. The number of ether oxygens (including phenoxy) is 1. The van der Waals surface area contributed by atoms with Crippen LogP contribution in [0.2, 0.25) is 5.02 Å². The van der Waals surface area contributed by atoms with Crippen molar-refractivity contribution in [2.45, 2.75) is 32.9 Å². The van der Waals surface area contributed by atoms with E-state index in [2.05, 4.69) is 21.0 Å². The molecule has 1 atom stereocenters. The molecule has 23 heavy (non-hydrogen) atoms. The molecular formula is C17H23ClN4O. The average Bonchev–Trinajstić information content (AvgIpc) is 2.84. The standard InChI is InChI=1S/C17H23ClN4O/c1-13-19-14(2)22(20-13)12-16-11-21(9-10-23-16)8-7-15-5-3-4-6-17(15)18/h3-6,16H,7-12H2,1-2H3/t16-/m0/s1. The Morgan fingerprint density at radius 1 is 1.30 bits per heavy atom. The van der Waals surface area contributed by atoms with Gasteiger partial charge in [0.2, 0.25) is 0 Å². The van der Waals surface area contributed by atoms with E-state index in [9.17, 15) is 0 Å². The van der Waals surface area contributed by atoms with E-state index in [0.717, 1.165) is 55.9 Å². The Morgan fingerprint density at radius 3 is 2.87 bits per heavy atom. The third-order valence-electron chi connectivity index (χ3n) is 4.22. The Labute approximate surface area is 142 Å². The van der Waals surface area contributed by atoms with Crippen molar-refractivity contribution < 1.29 is 4.74 Å². The second-order valence-electron chi connectivity index (χ2n) is 6.02. The lowest BCUT2D eigenvalue weighted by atomic mass is 10.1. The third-order valence-corrected chi connectivity index (χ3v) is 4.59. The minimum Gasteiger partial charge on any atom is -0.374 e. The van der Waals surface area contributed by atoms with Crippen LogP contribution >= 0.6 is 11.6 Å². The molecule has 0 amide bonds. The van der Waals surface area contributed by atoms with Crippen molar-refractivity contribution in [3.8, 4) is 0 Å². The fourth-order valence-corrected chi connectivity index (χ4v) is 3.23. The molecule has 1 saturated heterocycles. The van der Waals surface area contributed by atoms with Gasteiger partial charge >= 0.3 is 0 Å². The summed E-state index contributed by atoms with van der Waals surface area (Å²) < 4.78 is 7.84. The first kappa shape index (κ1) is 16.4. The molecule has 2 heterocycles. The number of nitrogens with zero attached hydrogens (tertiary/aromatic N) is 4. The predicted octanol–water partition coefficient (Wildman–Crippen LogP) is 2.49. The molecule has 6 heteroatoms. The number of morpholine rings is 1. The SMILES string of the molecule is Cc1nc(C)n(C[C@@H]2CN(CCc3ccccc3Cl)CCO2)n1. The van der Waals surface area contributed by atoms with Gasteiger partial charge in [-0.25, -0.2) is 9.67 Å². The summed E-state index contributed by atoms with van der Waals surface area (Å²) in [4.78, 5) is 6.79. The lowest BCUT2D eigenvalue weighted by Gasteiger charge is -2.33. The van der Waals surface area contributed by atoms with Crippen LogP contribution < -0.4 is 0 Å². The molecule has 0 spiro atoms. The van der Waals surface area contributed by atoms with Crippen LogP contribution in [0.3, 0.4) is 0 Å². The topological polar surface area (TPSA) is 43.2 Å². The molecule has 5 nitrogen and oxygen atoms in total. The minimum absolute atomic E-state index is 0.162. The monoisotopic (exact) mass is 334 g/mol. The van der Waals surface area contributed by atoms with Gasteiger partial charge in [0.05, 0.1) is 19.3 Å². The van der Waals surface area contributed by atoms with Crippen molar-refractivity contribution in [3.63, 3.8) is 0 Å². The first-order chi connectivity index (χ1) is 11.1. The Balaban J connectivity index is 1.54. The van der Waals surface area contributed by atoms with E-state index >= 15 is 0 Å². The smallest absolute Gasteiger partial charge is 0.147 e. The molecule has 0 radical (unpaired) electrons. The molecule has 0 saturated carbocycles. The fraction of sp³-hybridized carbons (Fsp3) is 0.529. The lowest BCUT2D eigenvalue weighted by molar-refractivity contribution is -0.0374. The number of aryl methyl sites for hydroxylation is 2. The van der Waals surface area contributed by atoms with Gasteiger partial charge in [-0.2, -0.15) is 5.10 Å². The van der Waals surface area contributed by atoms with E-state index in [0.29, 0.717) is 0 Å². The molecule has 0 unspecified atom stereocenters. The molecule has 2 aromatic rings. The van der Waals surface area contributed by atoms with Crippen molar-refractivity contribution in [1.82, 2.24) is 19.7 Å². The van der Waals surface area contributed by atoms with Crippen LogP contribution in [-0.2, 0) is 17.7 Å². The van der Waals surface area contributed by atoms with Crippen LogP contribution in [0, 0.1) is 13.8 Å². The molecule has 3 rings (SSSR count). The molecule has 1 aromatic heterocycles. The number of hydrogen-bond donors (Lipinski definition) is 0.